The average Bonchev–Trinajstić information content (AvgIpc) is 2.68. The zero-order valence-corrected chi connectivity index (χ0v) is 8.99. The van der Waals surface area contributed by atoms with Gasteiger partial charge in [-0.2, -0.15) is 0 Å². The maximum Gasteiger partial charge on any atom is 0.337 e. The number of carboxylic acids is 1. The van der Waals surface area contributed by atoms with Crippen LogP contribution < -0.4 is 0 Å². The van der Waals surface area contributed by atoms with E-state index in [1.807, 2.05) is 19.1 Å². The summed E-state index contributed by atoms with van der Waals surface area (Å²) in [5, 5.41) is 9.91. The largest absolute Gasteiger partial charge is 0.478 e. The van der Waals surface area contributed by atoms with Crippen molar-refractivity contribution in [3.63, 3.8) is 0 Å². The summed E-state index contributed by atoms with van der Waals surface area (Å²) in [4.78, 5) is 14.1. The van der Waals surface area contributed by atoms with Gasteiger partial charge >= 0.3 is 5.97 Å². The minimum atomic E-state index is -0.921. The van der Waals surface area contributed by atoms with Gasteiger partial charge in [0.25, 0.3) is 0 Å². The molecule has 0 fully saturated rings. The second-order valence-corrected chi connectivity index (χ2v) is 3.51. The lowest BCUT2D eigenvalue weighted by Crippen LogP contribution is -1.97. The van der Waals surface area contributed by atoms with Gasteiger partial charge in [0.05, 0.1) is 17.7 Å². The van der Waals surface area contributed by atoms with Crippen molar-refractivity contribution in [1.82, 2.24) is 4.98 Å². The Hall–Kier alpha value is -1.81. The minimum absolute atomic E-state index is 0.292. The molecule has 0 saturated heterocycles. The van der Waals surface area contributed by atoms with E-state index >= 15 is 0 Å². The van der Waals surface area contributed by atoms with Crippen LogP contribution in [0.2, 0.25) is 0 Å². The van der Waals surface area contributed by atoms with Gasteiger partial charge in [0.1, 0.15) is 0 Å². The predicted octanol–water partition coefficient (Wildman–Crippen LogP) is 2.40. The molecule has 0 radical (unpaired) electrons. The zero-order valence-electron chi connectivity index (χ0n) is 8.99. The first-order chi connectivity index (χ1) is 7.72. The summed E-state index contributed by atoms with van der Waals surface area (Å²) in [7, 11) is 0. The van der Waals surface area contributed by atoms with Crippen LogP contribution >= 0.6 is 0 Å². The molecule has 2 rings (SSSR count). The highest BCUT2D eigenvalue weighted by Gasteiger charge is 2.10. The maximum absolute atomic E-state index is 11.0. The van der Waals surface area contributed by atoms with Crippen molar-refractivity contribution in [3.8, 4) is 0 Å². The minimum Gasteiger partial charge on any atom is -0.478 e. The first-order valence-corrected chi connectivity index (χ1v) is 5.14. The number of benzene rings is 1. The highest BCUT2D eigenvalue weighted by Crippen LogP contribution is 2.20. The molecule has 0 bridgehead atoms. The summed E-state index contributed by atoms with van der Waals surface area (Å²) in [5.74, 6) is -0.921. The fraction of sp³-hybridized carbons (Fsp3) is 0.250. The van der Waals surface area contributed by atoms with Gasteiger partial charge in [-0.25, -0.2) is 4.79 Å². The lowest BCUT2D eigenvalue weighted by atomic mass is 10.1. The Labute approximate surface area is 92.9 Å². The Bertz CT molecular complexity index is 516. The normalized spacial score (nSPS) is 10.8. The van der Waals surface area contributed by atoms with Crippen LogP contribution in [0.3, 0.4) is 0 Å². The molecular weight excluding hydrogens is 206 g/mol. The fourth-order valence-corrected chi connectivity index (χ4v) is 1.68. The van der Waals surface area contributed by atoms with Crippen molar-refractivity contribution in [2.24, 2.45) is 0 Å². The molecule has 2 N–H and O–H groups in total. The molecule has 0 spiro atoms. The molecular formula is C12H13NO3. The first-order valence-electron chi connectivity index (χ1n) is 5.14. The molecule has 0 aliphatic heterocycles. The Kier molecular flexibility index (Phi) is 2.92. The number of para-hydroxylation sites is 1. The van der Waals surface area contributed by atoms with Crippen molar-refractivity contribution in [1.29, 1.82) is 0 Å². The zero-order chi connectivity index (χ0) is 11.5. The number of fused-ring (bicyclic) bond motifs is 1. The lowest BCUT2D eigenvalue weighted by molar-refractivity contribution is 0.0699. The molecule has 1 aromatic carbocycles. The molecule has 0 unspecified atom stereocenters. The van der Waals surface area contributed by atoms with Crippen LogP contribution in [0.15, 0.2) is 24.3 Å². The Morgan fingerprint density at radius 3 is 3.00 bits per heavy atom. The van der Waals surface area contributed by atoms with Gasteiger partial charge in [0.2, 0.25) is 0 Å². The van der Waals surface area contributed by atoms with E-state index in [9.17, 15) is 4.79 Å². The second-order valence-electron chi connectivity index (χ2n) is 3.51. The van der Waals surface area contributed by atoms with E-state index in [1.54, 1.807) is 12.1 Å². The van der Waals surface area contributed by atoms with Crippen LogP contribution in [0.25, 0.3) is 10.9 Å². The van der Waals surface area contributed by atoms with Gasteiger partial charge in [-0.15, -0.1) is 0 Å². The quantitative estimate of drug-likeness (QED) is 0.830. The number of aromatic carboxylic acids is 1. The molecule has 16 heavy (non-hydrogen) atoms. The summed E-state index contributed by atoms with van der Waals surface area (Å²) in [5.41, 5.74) is 1.84. The monoisotopic (exact) mass is 219 g/mol. The molecule has 84 valence electrons. The maximum atomic E-state index is 11.0. The Morgan fingerprint density at radius 1 is 1.50 bits per heavy atom. The van der Waals surface area contributed by atoms with E-state index in [0.29, 0.717) is 24.3 Å². The number of hydrogen-bond acceptors (Lipinski definition) is 2. The molecule has 2 aromatic rings. The van der Waals surface area contributed by atoms with Gasteiger partial charge in [-0.3, -0.25) is 0 Å². The standard InChI is InChI=1S/C12H13NO3/c1-2-16-7-9-6-8-4-3-5-10(12(14)15)11(8)13-9/h3-6,13H,2,7H2,1H3,(H,14,15). The third kappa shape index (κ3) is 1.92. The van der Waals surface area contributed by atoms with Crippen LogP contribution in [0.1, 0.15) is 23.0 Å². The predicted molar refractivity (Wildman–Crippen MR) is 60.6 cm³/mol. The molecule has 0 aliphatic rings. The van der Waals surface area contributed by atoms with Crippen LogP contribution in [-0.2, 0) is 11.3 Å². The van der Waals surface area contributed by atoms with Crippen molar-refractivity contribution in [2.45, 2.75) is 13.5 Å². The third-order valence-corrected chi connectivity index (χ3v) is 2.40. The molecule has 0 atom stereocenters. The molecule has 1 heterocycles. The third-order valence-electron chi connectivity index (χ3n) is 2.40. The van der Waals surface area contributed by atoms with Crippen molar-refractivity contribution in [2.75, 3.05) is 6.61 Å². The van der Waals surface area contributed by atoms with Gasteiger partial charge in [0.15, 0.2) is 0 Å². The second kappa shape index (κ2) is 4.37. The van der Waals surface area contributed by atoms with E-state index in [0.717, 1.165) is 11.1 Å². The smallest absolute Gasteiger partial charge is 0.337 e. The number of aromatic amines is 1. The van der Waals surface area contributed by atoms with Gasteiger partial charge in [-0.05, 0) is 19.1 Å². The van der Waals surface area contributed by atoms with Crippen LogP contribution in [-0.4, -0.2) is 22.7 Å². The van der Waals surface area contributed by atoms with Crippen molar-refractivity contribution >= 4 is 16.9 Å². The molecule has 1 aromatic heterocycles. The van der Waals surface area contributed by atoms with Crippen molar-refractivity contribution in [3.05, 3.63) is 35.5 Å². The Morgan fingerprint density at radius 2 is 2.31 bits per heavy atom. The number of rotatable bonds is 4. The molecule has 0 saturated carbocycles. The van der Waals surface area contributed by atoms with Crippen LogP contribution in [0.4, 0.5) is 0 Å². The molecule has 4 heteroatoms. The fourth-order valence-electron chi connectivity index (χ4n) is 1.68. The number of H-pyrrole nitrogens is 1. The number of carbonyl (C=O) groups is 1. The summed E-state index contributed by atoms with van der Waals surface area (Å²) in [6, 6.07) is 7.13. The number of aromatic nitrogens is 1. The summed E-state index contributed by atoms with van der Waals surface area (Å²) >= 11 is 0. The molecule has 4 nitrogen and oxygen atoms in total. The van der Waals surface area contributed by atoms with E-state index in [4.69, 9.17) is 9.84 Å². The van der Waals surface area contributed by atoms with Gasteiger partial charge < -0.3 is 14.8 Å². The summed E-state index contributed by atoms with van der Waals surface area (Å²) < 4.78 is 5.27. The average molecular weight is 219 g/mol. The van der Waals surface area contributed by atoms with E-state index < -0.39 is 5.97 Å². The summed E-state index contributed by atoms with van der Waals surface area (Å²) in [6.07, 6.45) is 0. The number of carboxylic acid groups (broad SMARTS) is 1. The van der Waals surface area contributed by atoms with Crippen LogP contribution in [0.5, 0.6) is 0 Å². The number of ether oxygens (including phenoxy) is 1. The van der Waals surface area contributed by atoms with E-state index in [2.05, 4.69) is 4.98 Å². The van der Waals surface area contributed by atoms with Gasteiger partial charge in [-0.1, -0.05) is 12.1 Å². The number of nitrogens with one attached hydrogen (secondary N) is 1. The van der Waals surface area contributed by atoms with E-state index in [1.165, 1.54) is 0 Å². The SMILES string of the molecule is CCOCc1cc2cccc(C(=O)O)c2[nH]1. The lowest BCUT2D eigenvalue weighted by Gasteiger charge is -1.97. The first kappa shape index (κ1) is 10.7. The van der Waals surface area contributed by atoms with E-state index in [-0.39, 0.29) is 0 Å². The highest BCUT2D eigenvalue weighted by molar-refractivity contribution is 6.02. The molecule has 0 amide bonds. The number of hydrogen-bond donors (Lipinski definition) is 2. The van der Waals surface area contributed by atoms with Crippen LogP contribution in [0, 0.1) is 0 Å². The van der Waals surface area contributed by atoms with Gasteiger partial charge in [0, 0.05) is 17.7 Å². The van der Waals surface area contributed by atoms with Crippen molar-refractivity contribution < 1.29 is 14.6 Å². The topological polar surface area (TPSA) is 62.3 Å². The highest BCUT2D eigenvalue weighted by atomic mass is 16.5. The molecule has 0 aliphatic carbocycles. The Balaban J connectivity index is 2.44. The summed E-state index contributed by atoms with van der Waals surface area (Å²) in [6.45, 7) is 3.04.